The molecule has 3 atom stereocenters. The van der Waals surface area contributed by atoms with Gasteiger partial charge in [0.05, 0.1) is 18.7 Å². The molecular formula is C21H20ClNO2. The Hall–Kier alpha value is -2.26. The lowest BCUT2D eigenvalue weighted by atomic mass is 9.75. The van der Waals surface area contributed by atoms with Crippen LogP contribution in [-0.2, 0) is 4.74 Å². The first kappa shape index (κ1) is 16.2. The second-order valence-electron chi connectivity index (χ2n) is 6.74. The van der Waals surface area contributed by atoms with Crippen LogP contribution in [0.15, 0.2) is 48.6 Å². The number of hydrogen-bond donors (Lipinski definition) is 1. The normalized spacial score (nSPS) is 23.6. The third kappa shape index (κ3) is 2.63. The number of esters is 1. The average molecular weight is 354 g/mol. The maximum absolute atomic E-state index is 12.3. The Labute approximate surface area is 152 Å². The zero-order chi connectivity index (χ0) is 17.6. The van der Waals surface area contributed by atoms with Crippen LogP contribution in [0, 0.1) is 12.8 Å². The van der Waals surface area contributed by atoms with Crippen LogP contribution in [0.2, 0.25) is 5.02 Å². The molecule has 2 aliphatic rings. The number of benzene rings is 2. The van der Waals surface area contributed by atoms with E-state index in [4.69, 9.17) is 16.3 Å². The topological polar surface area (TPSA) is 38.3 Å². The van der Waals surface area contributed by atoms with Crippen molar-refractivity contribution in [3.8, 4) is 0 Å². The summed E-state index contributed by atoms with van der Waals surface area (Å²) < 4.78 is 5.01. The maximum atomic E-state index is 12.3. The summed E-state index contributed by atoms with van der Waals surface area (Å²) in [7, 11) is 1.43. The number of carbonyl (C=O) groups excluding carboxylic acids is 1. The minimum atomic E-state index is -0.276. The fraction of sp³-hybridized carbons (Fsp3) is 0.286. The summed E-state index contributed by atoms with van der Waals surface area (Å²) in [6.07, 6.45) is 5.44. The first-order valence-corrected chi connectivity index (χ1v) is 8.88. The number of rotatable bonds is 2. The Morgan fingerprint density at radius 3 is 2.68 bits per heavy atom. The van der Waals surface area contributed by atoms with E-state index < -0.39 is 0 Å². The van der Waals surface area contributed by atoms with Gasteiger partial charge in [-0.3, -0.25) is 0 Å². The van der Waals surface area contributed by atoms with Gasteiger partial charge < -0.3 is 10.1 Å². The van der Waals surface area contributed by atoms with E-state index in [0.717, 1.165) is 28.3 Å². The Balaban J connectivity index is 1.85. The molecule has 0 bridgehead atoms. The lowest BCUT2D eigenvalue weighted by Gasteiger charge is -2.39. The summed E-state index contributed by atoms with van der Waals surface area (Å²) in [5.74, 6) is 0.312. The standard InChI is InChI=1S/C21H20ClNO2/c1-12-6-11-17(21(24)25-2)18-15-4-3-5-16(15)20(23-19(12)18)13-7-9-14(22)10-8-13/h3-4,6-11,15-16,20,23H,5H2,1-2H3. The molecule has 2 aromatic rings. The molecule has 3 nitrogen and oxygen atoms in total. The van der Waals surface area contributed by atoms with Crippen molar-refractivity contribution in [1.82, 2.24) is 0 Å². The van der Waals surface area contributed by atoms with Gasteiger partial charge in [0.2, 0.25) is 0 Å². The lowest BCUT2D eigenvalue weighted by Crippen LogP contribution is -2.31. The van der Waals surface area contributed by atoms with Gasteiger partial charge in [0.15, 0.2) is 0 Å². The highest BCUT2D eigenvalue weighted by Crippen LogP contribution is 2.51. The molecule has 1 N–H and O–H groups in total. The van der Waals surface area contributed by atoms with Gasteiger partial charge in [0, 0.05) is 16.6 Å². The lowest BCUT2D eigenvalue weighted by molar-refractivity contribution is 0.0598. The SMILES string of the molecule is COC(=O)c1ccc(C)c2c1C1C=CCC1C(c1ccc(Cl)cc1)N2. The minimum Gasteiger partial charge on any atom is -0.465 e. The molecule has 4 rings (SSSR count). The molecule has 0 fully saturated rings. The summed E-state index contributed by atoms with van der Waals surface area (Å²) in [4.78, 5) is 12.3. The van der Waals surface area contributed by atoms with Crippen LogP contribution >= 0.6 is 11.6 Å². The van der Waals surface area contributed by atoms with E-state index in [-0.39, 0.29) is 17.9 Å². The van der Waals surface area contributed by atoms with E-state index in [9.17, 15) is 4.79 Å². The molecule has 0 spiro atoms. The summed E-state index contributed by atoms with van der Waals surface area (Å²) in [6.45, 7) is 2.07. The highest BCUT2D eigenvalue weighted by atomic mass is 35.5. The Bertz CT molecular complexity index is 857. The van der Waals surface area contributed by atoms with E-state index in [2.05, 4.69) is 36.5 Å². The van der Waals surface area contributed by atoms with Crippen LogP contribution in [0.3, 0.4) is 0 Å². The second-order valence-corrected chi connectivity index (χ2v) is 7.17. The first-order chi connectivity index (χ1) is 12.1. The average Bonchev–Trinajstić information content (AvgIpc) is 3.11. The number of allylic oxidation sites excluding steroid dienone is 2. The molecule has 0 saturated heterocycles. The maximum Gasteiger partial charge on any atom is 0.338 e. The van der Waals surface area contributed by atoms with Gasteiger partial charge in [-0.1, -0.05) is 42.0 Å². The molecule has 0 saturated carbocycles. The van der Waals surface area contributed by atoms with E-state index in [0.29, 0.717) is 11.5 Å². The van der Waals surface area contributed by atoms with E-state index >= 15 is 0 Å². The van der Waals surface area contributed by atoms with Gasteiger partial charge in [0.1, 0.15) is 0 Å². The number of ether oxygens (including phenoxy) is 1. The number of carbonyl (C=O) groups is 1. The van der Waals surface area contributed by atoms with Crippen LogP contribution in [0.1, 0.15) is 45.4 Å². The summed E-state index contributed by atoms with van der Waals surface area (Å²) in [5, 5.41) is 4.44. The summed E-state index contributed by atoms with van der Waals surface area (Å²) in [5.41, 5.74) is 5.13. The number of halogens is 1. The smallest absolute Gasteiger partial charge is 0.338 e. The van der Waals surface area contributed by atoms with Crippen molar-refractivity contribution in [2.24, 2.45) is 5.92 Å². The van der Waals surface area contributed by atoms with Crippen molar-refractivity contribution in [2.45, 2.75) is 25.3 Å². The van der Waals surface area contributed by atoms with Crippen molar-refractivity contribution in [3.63, 3.8) is 0 Å². The van der Waals surface area contributed by atoms with E-state index in [1.54, 1.807) is 0 Å². The zero-order valence-corrected chi connectivity index (χ0v) is 15.0. The molecule has 1 aliphatic heterocycles. The molecule has 25 heavy (non-hydrogen) atoms. The highest BCUT2D eigenvalue weighted by Gasteiger charge is 2.40. The fourth-order valence-corrected chi connectivity index (χ4v) is 4.27. The molecule has 0 amide bonds. The molecule has 0 radical (unpaired) electrons. The van der Waals surface area contributed by atoms with Gasteiger partial charge in [0.25, 0.3) is 0 Å². The number of hydrogen-bond acceptors (Lipinski definition) is 3. The molecule has 1 aliphatic carbocycles. The summed E-state index contributed by atoms with van der Waals surface area (Å²) >= 11 is 6.06. The quantitative estimate of drug-likeness (QED) is 0.591. The van der Waals surface area contributed by atoms with Gasteiger partial charge in [-0.25, -0.2) is 4.79 Å². The molecule has 1 heterocycles. The van der Waals surface area contributed by atoms with Crippen LogP contribution in [0.4, 0.5) is 5.69 Å². The van der Waals surface area contributed by atoms with Crippen LogP contribution in [0.5, 0.6) is 0 Å². The molecule has 3 unspecified atom stereocenters. The van der Waals surface area contributed by atoms with Crippen LogP contribution in [0.25, 0.3) is 0 Å². The molecular weight excluding hydrogens is 334 g/mol. The van der Waals surface area contributed by atoms with Gasteiger partial charge in [-0.15, -0.1) is 0 Å². The third-order valence-corrected chi connectivity index (χ3v) is 5.61. The molecule has 4 heteroatoms. The Morgan fingerprint density at radius 2 is 1.96 bits per heavy atom. The van der Waals surface area contributed by atoms with Crippen LogP contribution in [-0.4, -0.2) is 13.1 Å². The van der Waals surface area contributed by atoms with Crippen LogP contribution < -0.4 is 5.32 Å². The molecule has 0 aromatic heterocycles. The fourth-order valence-electron chi connectivity index (χ4n) is 4.14. The predicted molar refractivity (Wildman–Crippen MR) is 100 cm³/mol. The second kappa shape index (κ2) is 6.23. The number of fused-ring (bicyclic) bond motifs is 3. The first-order valence-electron chi connectivity index (χ1n) is 8.50. The number of aryl methyl sites for hydroxylation is 1. The van der Waals surface area contributed by atoms with Crippen molar-refractivity contribution < 1.29 is 9.53 Å². The predicted octanol–water partition coefficient (Wildman–Crippen LogP) is 5.26. The third-order valence-electron chi connectivity index (χ3n) is 5.36. The van der Waals surface area contributed by atoms with Gasteiger partial charge in [-0.2, -0.15) is 0 Å². The number of methoxy groups -OCH3 is 1. The van der Waals surface area contributed by atoms with Crippen molar-refractivity contribution in [1.29, 1.82) is 0 Å². The Kier molecular flexibility index (Phi) is 4.04. The summed E-state index contributed by atoms with van der Waals surface area (Å²) in [6, 6.07) is 12.1. The van der Waals surface area contributed by atoms with Crippen molar-refractivity contribution in [3.05, 3.63) is 75.8 Å². The van der Waals surface area contributed by atoms with E-state index in [1.807, 2.05) is 24.3 Å². The highest BCUT2D eigenvalue weighted by molar-refractivity contribution is 6.30. The monoisotopic (exact) mass is 353 g/mol. The van der Waals surface area contributed by atoms with E-state index in [1.165, 1.54) is 12.7 Å². The van der Waals surface area contributed by atoms with Crippen molar-refractivity contribution >= 4 is 23.3 Å². The van der Waals surface area contributed by atoms with Crippen molar-refractivity contribution in [2.75, 3.05) is 12.4 Å². The number of anilines is 1. The van der Waals surface area contributed by atoms with Gasteiger partial charge in [-0.05, 0) is 54.2 Å². The minimum absolute atomic E-state index is 0.191. The molecule has 128 valence electrons. The zero-order valence-electron chi connectivity index (χ0n) is 14.3. The Morgan fingerprint density at radius 1 is 1.20 bits per heavy atom. The molecule has 2 aromatic carbocycles. The van der Waals surface area contributed by atoms with Gasteiger partial charge >= 0.3 is 5.97 Å². The largest absolute Gasteiger partial charge is 0.465 e. The number of nitrogens with one attached hydrogen (secondary N) is 1.